The van der Waals surface area contributed by atoms with Crippen molar-refractivity contribution in [2.75, 3.05) is 17.7 Å². The number of fused-ring (bicyclic) bond motifs is 1. The maximum absolute atomic E-state index is 12.9. The molecule has 1 unspecified atom stereocenters. The molecule has 0 saturated carbocycles. The van der Waals surface area contributed by atoms with Gasteiger partial charge in [0, 0.05) is 16.3 Å². The Morgan fingerprint density at radius 2 is 1.76 bits per heavy atom. The molecule has 2 amide bonds. The molecule has 42 heavy (non-hydrogen) atoms. The number of rotatable bonds is 7. The predicted molar refractivity (Wildman–Crippen MR) is 155 cm³/mol. The first-order valence-electron chi connectivity index (χ1n) is 12.2. The van der Waals surface area contributed by atoms with E-state index in [4.69, 9.17) is 20.5 Å². The fourth-order valence-corrected chi connectivity index (χ4v) is 4.90. The first-order valence-corrected chi connectivity index (χ1v) is 13.6. The summed E-state index contributed by atoms with van der Waals surface area (Å²) in [5, 5.41) is 18.8. The molecule has 1 atom stereocenters. The maximum atomic E-state index is 12.9. The number of aryl methyl sites for hydroxylation is 1. The number of halogens is 1. The third-order valence-electron chi connectivity index (χ3n) is 5.93. The van der Waals surface area contributed by atoms with Crippen LogP contribution in [0.25, 0.3) is 17.0 Å². The summed E-state index contributed by atoms with van der Waals surface area (Å²) in [6, 6.07) is 21.7. The van der Waals surface area contributed by atoms with Crippen molar-refractivity contribution in [3.05, 3.63) is 88.9 Å². The molecule has 212 valence electrons. The number of carbonyl (C=O) groups is 2. The molecule has 3 aromatic carbocycles. The van der Waals surface area contributed by atoms with Crippen LogP contribution in [0.15, 0.2) is 77.7 Å². The lowest BCUT2D eigenvalue weighted by Gasteiger charge is -2.12. The molecule has 0 fully saturated rings. The van der Waals surface area contributed by atoms with Crippen LogP contribution in [0.1, 0.15) is 11.1 Å². The van der Waals surface area contributed by atoms with E-state index in [1.165, 1.54) is 4.52 Å². The quantitative estimate of drug-likeness (QED) is 0.189. The van der Waals surface area contributed by atoms with Gasteiger partial charge in [-0.3, -0.25) is 5.10 Å². The van der Waals surface area contributed by atoms with E-state index in [2.05, 4.69) is 25.5 Å². The molecule has 0 radical (unpaired) electrons. The number of H-pyrrole nitrogens is 1. The molecule has 0 spiro atoms. The van der Waals surface area contributed by atoms with Crippen LogP contribution < -0.4 is 19.6 Å². The number of nitrogens with zero attached hydrogens (tertiary/aromatic N) is 3. The van der Waals surface area contributed by atoms with E-state index in [1.54, 1.807) is 60.7 Å². The summed E-state index contributed by atoms with van der Waals surface area (Å²) in [6.07, 6.45) is -1.12. The highest BCUT2D eigenvalue weighted by Crippen LogP contribution is 2.39. The largest absolute Gasteiger partial charge is 0.515 e. The number of urea groups is 1. The number of methoxy groups -OCH3 is 1. The predicted octanol–water partition coefficient (Wildman–Crippen LogP) is 6.05. The van der Waals surface area contributed by atoms with Gasteiger partial charge in [0.25, 0.3) is 5.88 Å². The van der Waals surface area contributed by atoms with Crippen molar-refractivity contribution in [1.29, 1.82) is 5.26 Å². The Balaban J connectivity index is 1.55. The fourth-order valence-electron chi connectivity index (χ4n) is 3.94. The number of aromatic nitrogens is 3. The number of hydrogen-bond donors (Lipinski definition) is 3. The molecule has 14 heteroatoms. The van der Waals surface area contributed by atoms with Gasteiger partial charge in [-0.1, -0.05) is 48.0 Å². The zero-order chi connectivity index (χ0) is 29.8. The van der Waals surface area contributed by atoms with Gasteiger partial charge in [0.05, 0.1) is 17.7 Å². The second kappa shape index (κ2) is 12.0. The van der Waals surface area contributed by atoms with Gasteiger partial charge in [0.2, 0.25) is 16.8 Å². The van der Waals surface area contributed by atoms with Crippen LogP contribution in [0.2, 0.25) is 5.02 Å². The van der Waals surface area contributed by atoms with Gasteiger partial charge < -0.3 is 24.3 Å². The zero-order valence-electron chi connectivity index (χ0n) is 22.0. The molecule has 0 aliphatic carbocycles. The number of aromatic amines is 1. The van der Waals surface area contributed by atoms with Crippen LogP contribution in [0.5, 0.6) is 11.6 Å². The van der Waals surface area contributed by atoms with Crippen molar-refractivity contribution < 1.29 is 27.5 Å². The summed E-state index contributed by atoms with van der Waals surface area (Å²) in [5.74, 6) is -0.469. The lowest BCUT2D eigenvalue weighted by Crippen LogP contribution is -2.20. The SMILES string of the molecule is COC(=O)Oc1c(OS(=O)c2ccccc2)c(C#N)c2nc(-c3cc(Cl)ccc3NC(=O)Nc3ccccc3C)[nH]n12. The number of amides is 2. The number of benzene rings is 3. The molecular formula is C28H21ClN6O6S. The topological polar surface area (TPSA) is 160 Å². The fraction of sp³-hybridized carbons (Fsp3) is 0.0714. The standard InChI is InChI=1S/C28H21ClN6O6S/c1-16-8-6-7-11-21(16)31-27(36)32-22-13-12-17(29)14-19(22)24-33-25-20(15-30)23(26(35(25)34-24)40-28(37)39-2)41-42(38)18-9-4-3-5-10-18/h3-14H,1-2H3,(H,33,34)(H2,31,32,36). The second-order valence-corrected chi connectivity index (χ2v) is 10.2. The molecule has 0 bridgehead atoms. The van der Waals surface area contributed by atoms with Crippen LogP contribution in [-0.2, 0) is 15.8 Å². The minimum absolute atomic E-state index is 0.0123. The highest BCUT2D eigenvalue weighted by atomic mass is 35.5. The highest BCUT2D eigenvalue weighted by Gasteiger charge is 2.30. The molecule has 12 nitrogen and oxygen atoms in total. The third-order valence-corrected chi connectivity index (χ3v) is 7.14. The first-order chi connectivity index (χ1) is 20.3. The molecule has 2 heterocycles. The summed E-state index contributed by atoms with van der Waals surface area (Å²) in [5.41, 5.74) is 2.00. The summed E-state index contributed by atoms with van der Waals surface area (Å²) < 4.78 is 29.6. The maximum Gasteiger partial charge on any atom is 0.515 e. The molecule has 5 aromatic rings. The Kier molecular flexibility index (Phi) is 8.09. The molecule has 0 aliphatic rings. The van der Waals surface area contributed by atoms with E-state index in [0.717, 1.165) is 12.7 Å². The molecule has 2 aromatic heterocycles. The van der Waals surface area contributed by atoms with Gasteiger partial charge in [-0.25, -0.2) is 18.8 Å². The Morgan fingerprint density at radius 3 is 2.48 bits per heavy atom. The molecule has 3 N–H and O–H groups in total. The Bertz CT molecular complexity index is 1880. The second-order valence-electron chi connectivity index (χ2n) is 8.62. The van der Waals surface area contributed by atoms with Gasteiger partial charge in [-0.05, 0) is 48.9 Å². The third kappa shape index (κ3) is 5.75. The number of anilines is 2. The minimum Gasteiger partial charge on any atom is -0.437 e. The number of nitrogens with one attached hydrogen (secondary N) is 3. The van der Waals surface area contributed by atoms with E-state index in [0.29, 0.717) is 26.9 Å². The van der Waals surface area contributed by atoms with Crippen molar-refractivity contribution in [2.24, 2.45) is 0 Å². The van der Waals surface area contributed by atoms with E-state index < -0.39 is 23.3 Å². The molecular weight excluding hydrogens is 584 g/mol. The Labute approximate surface area is 246 Å². The molecule has 0 aliphatic heterocycles. The van der Waals surface area contributed by atoms with E-state index in [1.807, 2.05) is 25.1 Å². The van der Waals surface area contributed by atoms with Crippen LogP contribution >= 0.6 is 11.6 Å². The summed E-state index contributed by atoms with van der Waals surface area (Å²) in [4.78, 5) is 29.8. The van der Waals surface area contributed by atoms with Crippen molar-refractivity contribution in [3.8, 4) is 29.1 Å². The van der Waals surface area contributed by atoms with Crippen molar-refractivity contribution >= 4 is 51.9 Å². The van der Waals surface area contributed by atoms with Crippen LogP contribution in [0.4, 0.5) is 21.0 Å². The summed E-state index contributed by atoms with van der Waals surface area (Å²) in [7, 11) is 1.10. The number of ether oxygens (including phenoxy) is 2. The van der Waals surface area contributed by atoms with E-state index >= 15 is 0 Å². The number of nitriles is 1. The Hall–Kier alpha value is -5.32. The van der Waals surface area contributed by atoms with Crippen LogP contribution in [0, 0.1) is 18.3 Å². The first kappa shape index (κ1) is 28.2. The monoisotopic (exact) mass is 604 g/mol. The zero-order valence-corrected chi connectivity index (χ0v) is 23.6. The van der Waals surface area contributed by atoms with Crippen molar-refractivity contribution in [2.45, 2.75) is 11.8 Å². The molecule has 5 rings (SSSR count). The van der Waals surface area contributed by atoms with Gasteiger partial charge in [0.1, 0.15) is 11.6 Å². The number of carbonyl (C=O) groups excluding carboxylic acids is 2. The van der Waals surface area contributed by atoms with Crippen LogP contribution in [-0.4, -0.2) is 38.1 Å². The Morgan fingerprint density at radius 1 is 1.05 bits per heavy atom. The summed E-state index contributed by atoms with van der Waals surface area (Å²) in [6.45, 7) is 1.86. The molecule has 0 saturated heterocycles. The van der Waals surface area contributed by atoms with E-state index in [9.17, 15) is 19.1 Å². The average molecular weight is 605 g/mol. The van der Waals surface area contributed by atoms with Crippen LogP contribution in [0.3, 0.4) is 0 Å². The average Bonchev–Trinajstić information content (AvgIpc) is 3.53. The normalized spacial score (nSPS) is 11.4. The lowest BCUT2D eigenvalue weighted by atomic mass is 10.1. The van der Waals surface area contributed by atoms with Crippen molar-refractivity contribution in [1.82, 2.24) is 14.6 Å². The highest BCUT2D eigenvalue weighted by molar-refractivity contribution is 7.80. The smallest absolute Gasteiger partial charge is 0.437 e. The van der Waals surface area contributed by atoms with Gasteiger partial charge in [-0.15, -0.1) is 0 Å². The van der Waals surface area contributed by atoms with Crippen molar-refractivity contribution in [3.63, 3.8) is 0 Å². The van der Waals surface area contributed by atoms with Gasteiger partial charge >= 0.3 is 12.2 Å². The van der Waals surface area contributed by atoms with E-state index in [-0.39, 0.29) is 28.7 Å². The van der Waals surface area contributed by atoms with Gasteiger partial charge in [-0.2, -0.15) is 9.78 Å². The lowest BCUT2D eigenvalue weighted by molar-refractivity contribution is 0.118. The number of hydrogen-bond acceptors (Lipinski definition) is 8. The minimum atomic E-state index is -2.07. The number of para-hydroxylation sites is 1. The van der Waals surface area contributed by atoms with Gasteiger partial charge in [0.15, 0.2) is 11.5 Å². The summed E-state index contributed by atoms with van der Waals surface area (Å²) >= 11 is 4.21.